The fourth-order valence-corrected chi connectivity index (χ4v) is 2.89. The minimum atomic E-state index is -0.0148. The van der Waals surface area contributed by atoms with Crippen molar-refractivity contribution >= 4 is 0 Å². The molecule has 1 saturated carbocycles. The lowest BCUT2D eigenvalue weighted by molar-refractivity contribution is -0.171. The number of ether oxygens (including phenoxy) is 1. The van der Waals surface area contributed by atoms with E-state index in [1.807, 2.05) is 0 Å². The molecule has 80 valence electrons. The van der Waals surface area contributed by atoms with Crippen LogP contribution in [-0.4, -0.2) is 32.0 Å². The second-order valence-corrected chi connectivity index (χ2v) is 5.27. The van der Waals surface area contributed by atoms with Gasteiger partial charge in [-0.2, -0.15) is 0 Å². The molecule has 2 saturated heterocycles. The zero-order chi connectivity index (χ0) is 9.49. The first-order chi connectivity index (χ1) is 6.83. The predicted octanol–water partition coefficient (Wildman–Crippen LogP) is 0.856. The summed E-state index contributed by atoms with van der Waals surface area (Å²) in [6.45, 7) is 4.30. The topological polar surface area (TPSA) is 33.3 Å². The zero-order valence-electron chi connectivity index (χ0n) is 8.77. The van der Waals surface area contributed by atoms with Crippen molar-refractivity contribution in [1.82, 2.24) is 10.6 Å². The molecule has 0 radical (unpaired) electrons. The molecule has 0 aromatic heterocycles. The molecular formula is C11H20N2O. The van der Waals surface area contributed by atoms with Crippen molar-refractivity contribution in [2.45, 2.75) is 37.8 Å². The van der Waals surface area contributed by atoms with Crippen LogP contribution in [0.4, 0.5) is 0 Å². The van der Waals surface area contributed by atoms with E-state index in [1.165, 1.54) is 38.6 Å². The molecule has 0 aromatic carbocycles. The van der Waals surface area contributed by atoms with E-state index in [1.54, 1.807) is 0 Å². The molecule has 2 spiro atoms. The maximum absolute atomic E-state index is 6.09. The van der Waals surface area contributed by atoms with E-state index in [0.29, 0.717) is 5.41 Å². The molecule has 3 nitrogen and oxygen atoms in total. The van der Waals surface area contributed by atoms with E-state index in [9.17, 15) is 0 Å². The Balaban J connectivity index is 1.63. The highest BCUT2D eigenvalue weighted by Crippen LogP contribution is 2.44. The van der Waals surface area contributed by atoms with Crippen molar-refractivity contribution in [1.29, 1.82) is 0 Å². The summed E-state index contributed by atoms with van der Waals surface area (Å²) in [5, 5.41) is 7.06. The van der Waals surface area contributed by atoms with Gasteiger partial charge >= 0.3 is 0 Å². The van der Waals surface area contributed by atoms with Gasteiger partial charge in [0, 0.05) is 18.5 Å². The number of nitrogens with one attached hydrogen (secondary N) is 2. The van der Waals surface area contributed by atoms with Crippen LogP contribution in [0.15, 0.2) is 0 Å². The van der Waals surface area contributed by atoms with E-state index in [-0.39, 0.29) is 5.72 Å². The number of rotatable bonds is 0. The lowest BCUT2D eigenvalue weighted by Crippen LogP contribution is -2.65. The Morgan fingerprint density at radius 3 is 2.43 bits per heavy atom. The Kier molecular flexibility index (Phi) is 2.08. The normalized spacial score (nSPS) is 41.1. The third-order valence-electron chi connectivity index (χ3n) is 4.20. The molecule has 14 heavy (non-hydrogen) atoms. The smallest absolute Gasteiger partial charge is 0.131 e. The standard InChI is InChI=1S/C11H20N2O/c1-3-10(4-1)7-13-11(14-9-10)5-2-6-12-8-11/h12-13H,1-9H2. The van der Waals surface area contributed by atoms with E-state index >= 15 is 0 Å². The van der Waals surface area contributed by atoms with Crippen LogP contribution in [0.2, 0.25) is 0 Å². The summed E-state index contributed by atoms with van der Waals surface area (Å²) < 4.78 is 6.09. The van der Waals surface area contributed by atoms with Gasteiger partial charge < -0.3 is 10.1 Å². The Morgan fingerprint density at radius 2 is 1.93 bits per heavy atom. The summed E-state index contributed by atoms with van der Waals surface area (Å²) >= 11 is 0. The largest absolute Gasteiger partial charge is 0.359 e. The minimum absolute atomic E-state index is 0.0148. The Labute approximate surface area is 85.6 Å². The fraction of sp³-hybridized carbons (Fsp3) is 1.00. The third kappa shape index (κ3) is 1.38. The molecule has 2 aliphatic heterocycles. The molecule has 0 aromatic rings. The first-order valence-electron chi connectivity index (χ1n) is 5.92. The van der Waals surface area contributed by atoms with Crippen LogP contribution in [0, 0.1) is 5.41 Å². The monoisotopic (exact) mass is 196 g/mol. The van der Waals surface area contributed by atoms with Crippen molar-refractivity contribution in [2.75, 3.05) is 26.2 Å². The second kappa shape index (κ2) is 3.19. The molecule has 0 bridgehead atoms. The Hall–Kier alpha value is -0.120. The highest BCUT2D eigenvalue weighted by atomic mass is 16.5. The van der Waals surface area contributed by atoms with Crippen molar-refractivity contribution in [3.63, 3.8) is 0 Å². The lowest BCUT2D eigenvalue weighted by Gasteiger charge is -2.52. The molecule has 0 amide bonds. The molecule has 2 N–H and O–H groups in total. The SMILES string of the molecule is C1CC2(C1)CNC1(CCCNC1)OC2. The summed E-state index contributed by atoms with van der Waals surface area (Å²) in [4.78, 5) is 0. The Morgan fingerprint density at radius 1 is 1.00 bits per heavy atom. The molecule has 3 heteroatoms. The van der Waals surface area contributed by atoms with Crippen LogP contribution in [0.3, 0.4) is 0 Å². The average Bonchev–Trinajstić information content (AvgIpc) is 2.18. The van der Waals surface area contributed by atoms with Gasteiger partial charge in [-0.1, -0.05) is 6.42 Å². The summed E-state index contributed by atoms with van der Waals surface area (Å²) in [6, 6.07) is 0. The van der Waals surface area contributed by atoms with Gasteiger partial charge in [0.25, 0.3) is 0 Å². The molecule has 3 rings (SSSR count). The van der Waals surface area contributed by atoms with Gasteiger partial charge in [-0.3, -0.25) is 5.32 Å². The van der Waals surface area contributed by atoms with Gasteiger partial charge in [-0.05, 0) is 32.2 Å². The molecular weight excluding hydrogens is 176 g/mol. The first-order valence-corrected chi connectivity index (χ1v) is 5.92. The number of hydrogen-bond donors (Lipinski definition) is 2. The molecule has 1 atom stereocenters. The number of hydrogen-bond acceptors (Lipinski definition) is 3. The molecule has 1 aliphatic carbocycles. The summed E-state index contributed by atoms with van der Waals surface area (Å²) in [6.07, 6.45) is 6.54. The quantitative estimate of drug-likeness (QED) is 0.603. The summed E-state index contributed by atoms with van der Waals surface area (Å²) in [5.41, 5.74) is 0.502. The van der Waals surface area contributed by atoms with Gasteiger partial charge in [0.1, 0.15) is 5.72 Å². The first kappa shape index (κ1) is 9.13. The molecule has 1 unspecified atom stereocenters. The summed E-state index contributed by atoms with van der Waals surface area (Å²) in [5.74, 6) is 0. The molecule has 3 aliphatic rings. The molecule has 2 heterocycles. The Bertz CT molecular complexity index is 207. The zero-order valence-corrected chi connectivity index (χ0v) is 8.77. The van der Waals surface area contributed by atoms with E-state index in [2.05, 4.69) is 10.6 Å². The van der Waals surface area contributed by atoms with Gasteiger partial charge in [0.05, 0.1) is 6.61 Å². The predicted molar refractivity (Wildman–Crippen MR) is 55.1 cm³/mol. The molecule has 3 fully saturated rings. The maximum Gasteiger partial charge on any atom is 0.131 e. The highest BCUT2D eigenvalue weighted by Gasteiger charge is 2.46. The van der Waals surface area contributed by atoms with Gasteiger partial charge in [-0.25, -0.2) is 0 Å². The van der Waals surface area contributed by atoms with Crippen LogP contribution in [0.5, 0.6) is 0 Å². The van der Waals surface area contributed by atoms with Crippen LogP contribution in [-0.2, 0) is 4.74 Å². The van der Waals surface area contributed by atoms with Crippen molar-refractivity contribution in [3.8, 4) is 0 Å². The fourth-order valence-electron chi connectivity index (χ4n) is 2.89. The van der Waals surface area contributed by atoms with Crippen molar-refractivity contribution in [2.24, 2.45) is 5.41 Å². The minimum Gasteiger partial charge on any atom is -0.359 e. The average molecular weight is 196 g/mol. The van der Waals surface area contributed by atoms with E-state index in [4.69, 9.17) is 4.74 Å². The van der Waals surface area contributed by atoms with Crippen LogP contribution in [0.25, 0.3) is 0 Å². The van der Waals surface area contributed by atoms with Crippen LogP contribution < -0.4 is 10.6 Å². The summed E-state index contributed by atoms with van der Waals surface area (Å²) in [7, 11) is 0. The van der Waals surface area contributed by atoms with E-state index < -0.39 is 0 Å². The van der Waals surface area contributed by atoms with E-state index in [0.717, 1.165) is 19.7 Å². The maximum atomic E-state index is 6.09. The third-order valence-corrected chi connectivity index (χ3v) is 4.20. The highest BCUT2D eigenvalue weighted by molar-refractivity contribution is 4.98. The van der Waals surface area contributed by atoms with Gasteiger partial charge in [-0.15, -0.1) is 0 Å². The van der Waals surface area contributed by atoms with Gasteiger partial charge in [0.15, 0.2) is 0 Å². The lowest BCUT2D eigenvalue weighted by atomic mass is 9.68. The number of piperidine rings is 1. The van der Waals surface area contributed by atoms with Crippen molar-refractivity contribution < 1.29 is 4.74 Å². The van der Waals surface area contributed by atoms with Crippen LogP contribution >= 0.6 is 0 Å². The van der Waals surface area contributed by atoms with Crippen LogP contribution in [0.1, 0.15) is 32.1 Å². The van der Waals surface area contributed by atoms with Crippen molar-refractivity contribution in [3.05, 3.63) is 0 Å². The second-order valence-electron chi connectivity index (χ2n) is 5.27. The van der Waals surface area contributed by atoms with Gasteiger partial charge in [0.2, 0.25) is 0 Å².